The van der Waals surface area contributed by atoms with Crippen LogP contribution >= 0.6 is 27.3 Å². The van der Waals surface area contributed by atoms with Gasteiger partial charge in [0.15, 0.2) is 0 Å². The van der Waals surface area contributed by atoms with Crippen LogP contribution in [-0.2, 0) is 6.42 Å². The second-order valence-corrected chi connectivity index (χ2v) is 9.07. The first-order valence-corrected chi connectivity index (χ1v) is 10.1. The highest BCUT2D eigenvalue weighted by Crippen LogP contribution is 2.30. The molecule has 3 atom stereocenters. The summed E-state index contributed by atoms with van der Waals surface area (Å²) in [4.78, 5) is 1.48. The highest BCUT2D eigenvalue weighted by Gasteiger charge is 2.31. The lowest BCUT2D eigenvalue weighted by molar-refractivity contribution is 0.183. The first-order chi connectivity index (χ1) is 10.3. The average molecular weight is 371 g/mol. The Bertz CT molecular complexity index is 428. The molecule has 1 aromatic heterocycles. The molecule has 2 N–H and O–H groups in total. The molecule has 1 saturated heterocycles. The average Bonchev–Trinajstić information content (AvgIpc) is 2.94. The summed E-state index contributed by atoms with van der Waals surface area (Å²) in [7, 11) is 0. The largest absolute Gasteiger partial charge is 0.314 e. The van der Waals surface area contributed by atoms with Crippen LogP contribution < -0.4 is 10.6 Å². The topological polar surface area (TPSA) is 24.1 Å². The summed E-state index contributed by atoms with van der Waals surface area (Å²) in [6.07, 6.45) is 11.0. The lowest BCUT2D eigenvalue weighted by Crippen LogP contribution is -2.50. The summed E-state index contributed by atoms with van der Waals surface area (Å²) in [5, 5.41) is 7.66. The Morgan fingerprint density at radius 2 is 2.00 bits per heavy atom. The molecule has 0 bridgehead atoms. The van der Waals surface area contributed by atoms with Crippen LogP contribution in [0.15, 0.2) is 15.9 Å². The minimum absolute atomic E-state index is 0.734. The van der Waals surface area contributed by atoms with Crippen LogP contribution in [0.4, 0.5) is 0 Å². The van der Waals surface area contributed by atoms with E-state index in [1.54, 1.807) is 0 Å². The van der Waals surface area contributed by atoms with E-state index >= 15 is 0 Å². The summed E-state index contributed by atoms with van der Waals surface area (Å²) < 4.78 is 1.25. The molecule has 3 unspecified atom stereocenters. The SMILES string of the molecule is Brc1ccc(CCNC2CCCCC2C2CCCCN2)s1. The second-order valence-electron chi connectivity index (χ2n) is 6.52. The third kappa shape index (κ3) is 4.54. The molecule has 1 aliphatic heterocycles. The molecular weight excluding hydrogens is 344 g/mol. The highest BCUT2D eigenvalue weighted by atomic mass is 79.9. The number of hydrogen-bond donors (Lipinski definition) is 2. The molecule has 1 saturated carbocycles. The van der Waals surface area contributed by atoms with Crippen LogP contribution in [0.25, 0.3) is 0 Å². The van der Waals surface area contributed by atoms with Gasteiger partial charge in [-0.2, -0.15) is 0 Å². The number of rotatable bonds is 5. The van der Waals surface area contributed by atoms with Gasteiger partial charge in [0.1, 0.15) is 0 Å². The van der Waals surface area contributed by atoms with Gasteiger partial charge in [-0.3, -0.25) is 0 Å². The van der Waals surface area contributed by atoms with Crippen LogP contribution in [0.1, 0.15) is 49.8 Å². The molecule has 2 nitrogen and oxygen atoms in total. The van der Waals surface area contributed by atoms with Gasteiger partial charge in [0.05, 0.1) is 3.79 Å². The Hall–Kier alpha value is 0.1000. The molecule has 0 spiro atoms. The highest BCUT2D eigenvalue weighted by molar-refractivity contribution is 9.11. The van der Waals surface area contributed by atoms with E-state index in [1.807, 2.05) is 11.3 Å². The van der Waals surface area contributed by atoms with Gasteiger partial charge in [-0.15, -0.1) is 11.3 Å². The Kier molecular flexibility index (Phi) is 6.16. The van der Waals surface area contributed by atoms with Gasteiger partial charge in [-0.1, -0.05) is 19.3 Å². The van der Waals surface area contributed by atoms with Gasteiger partial charge in [0.2, 0.25) is 0 Å². The van der Waals surface area contributed by atoms with Crippen molar-refractivity contribution in [2.75, 3.05) is 13.1 Å². The normalized spacial score (nSPS) is 30.4. The third-order valence-corrected chi connectivity index (χ3v) is 6.77. The Balaban J connectivity index is 1.49. The predicted octanol–water partition coefficient (Wildman–Crippen LogP) is 4.34. The molecule has 2 heterocycles. The quantitative estimate of drug-likeness (QED) is 0.804. The second kappa shape index (κ2) is 8.09. The van der Waals surface area contributed by atoms with Crippen LogP contribution in [-0.4, -0.2) is 25.2 Å². The molecule has 4 heteroatoms. The van der Waals surface area contributed by atoms with E-state index in [2.05, 4.69) is 38.7 Å². The van der Waals surface area contributed by atoms with E-state index < -0.39 is 0 Å². The van der Waals surface area contributed by atoms with Gasteiger partial charge in [0.25, 0.3) is 0 Å². The van der Waals surface area contributed by atoms with E-state index in [9.17, 15) is 0 Å². The smallest absolute Gasteiger partial charge is 0.0701 e. The Labute approximate surface area is 141 Å². The molecule has 0 radical (unpaired) electrons. The maximum absolute atomic E-state index is 3.88. The summed E-state index contributed by atoms with van der Waals surface area (Å²) in [5.74, 6) is 0.856. The van der Waals surface area contributed by atoms with Crippen LogP contribution in [0.5, 0.6) is 0 Å². The zero-order valence-corrected chi connectivity index (χ0v) is 15.1. The predicted molar refractivity (Wildman–Crippen MR) is 95.1 cm³/mol. The number of thiophene rings is 1. The fraction of sp³-hybridized carbons (Fsp3) is 0.765. The van der Waals surface area contributed by atoms with Crippen molar-refractivity contribution in [1.82, 2.24) is 10.6 Å². The van der Waals surface area contributed by atoms with E-state index in [0.717, 1.165) is 31.0 Å². The summed E-state index contributed by atoms with van der Waals surface area (Å²) in [6, 6.07) is 5.91. The van der Waals surface area contributed by atoms with Crippen molar-refractivity contribution in [3.63, 3.8) is 0 Å². The fourth-order valence-electron chi connectivity index (χ4n) is 4.01. The lowest BCUT2D eigenvalue weighted by Gasteiger charge is -2.40. The van der Waals surface area contributed by atoms with Crippen molar-refractivity contribution in [2.45, 2.75) is 63.5 Å². The molecular formula is C17H27BrN2S. The minimum Gasteiger partial charge on any atom is -0.314 e. The minimum atomic E-state index is 0.734. The first-order valence-electron chi connectivity index (χ1n) is 8.54. The van der Waals surface area contributed by atoms with Gasteiger partial charge < -0.3 is 10.6 Å². The molecule has 1 aliphatic carbocycles. The van der Waals surface area contributed by atoms with Crippen molar-refractivity contribution in [2.24, 2.45) is 5.92 Å². The zero-order valence-electron chi connectivity index (χ0n) is 12.7. The van der Waals surface area contributed by atoms with Crippen molar-refractivity contribution in [3.05, 3.63) is 20.8 Å². The fourth-order valence-corrected chi connectivity index (χ4v) is 5.49. The van der Waals surface area contributed by atoms with Crippen molar-refractivity contribution < 1.29 is 0 Å². The van der Waals surface area contributed by atoms with Crippen LogP contribution in [0, 0.1) is 5.92 Å². The first kappa shape index (κ1) is 16.0. The van der Waals surface area contributed by atoms with E-state index in [4.69, 9.17) is 0 Å². The van der Waals surface area contributed by atoms with E-state index in [0.29, 0.717) is 0 Å². The maximum atomic E-state index is 3.88. The maximum Gasteiger partial charge on any atom is 0.0701 e. The zero-order chi connectivity index (χ0) is 14.5. The molecule has 118 valence electrons. The molecule has 3 rings (SSSR count). The monoisotopic (exact) mass is 370 g/mol. The van der Waals surface area contributed by atoms with Gasteiger partial charge in [-0.25, -0.2) is 0 Å². The van der Waals surface area contributed by atoms with Crippen LogP contribution in [0.2, 0.25) is 0 Å². The van der Waals surface area contributed by atoms with Gasteiger partial charge in [-0.05, 0) is 72.6 Å². The summed E-state index contributed by atoms with van der Waals surface area (Å²) in [6.45, 7) is 2.36. The van der Waals surface area contributed by atoms with Crippen molar-refractivity contribution in [3.8, 4) is 0 Å². The number of hydrogen-bond acceptors (Lipinski definition) is 3. The molecule has 0 aromatic carbocycles. The molecule has 2 fully saturated rings. The number of nitrogens with one attached hydrogen (secondary N) is 2. The molecule has 1 aromatic rings. The molecule has 0 amide bonds. The van der Waals surface area contributed by atoms with Crippen LogP contribution in [0.3, 0.4) is 0 Å². The lowest BCUT2D eigenvalue weighted by atomic mass is 9.77. The van der Waals surface area contributed by atoms with Crippen molar-refractivity contribution >= 4 is 27.3 Å². The summed E-state index contributed by atoms with van der Waals surface area (Å²) in [5.41, 5.74) is 0. The Morgan fingerprint density at radius 1 is 1.14 bits per heavy atom. The van der Waals surface area contributed by atoms with E-state index in [-0.39, 0.29) is 0 Å². The summed E-state index contributed by atoms with van der Waals surface area (Å²) >= 11 is 5.42. The van der Waals surface area contributed by atoms with Crippen molar-refractivity contribution in [1.29, 1.82) is 0 Å². The number of halogens is 1. The van der Waals surface area contributed by atoms with E-state index in [1.165, 1.54) is 60.2 Å². The van der Waals surface area contributed by atoms with Gasteiger partial charge in [0, 0.05) is 23.5 Å². The van der Waals surface area contributed by atoms with Gasteiger partial charge >= 0.3 is 0 Å². The molecule has 2 aliphatic rings. The molecule has 21 heavy (non-hydrogen) atoms. The third-order valence-electron chi connectivity index (χ3n) is 5.09. The Morgan fingerprint density at radius 3 is 2.76 bits per heavy atom. The number of piperidine rings is 1. The standard InChI is InChI=1S/C17H27BrN2S/c18-17-9-8-13(21-17)10-12-20-16-6-2-1-5-14(16)15-7-3-4-11-19-15/h8-9,14-16,19-20H,1-7,10-12H2.